The van der Waals surface area contributed by atoms with Crippen molar-refractivity contribution in [1.29, 1.82) is 0 Å². The monoisotopic (exact) mass is 271 g/mol. The fourth-order valence-corrected chi connectivity index (χ4v) is 2.93. The zero-order valence-electron chi connectivity index (χ0n) is 12.2. The fraction of sp³-hybridized carbons (Fsp3) is 0.500. The van der Waals surface area contributed by atoms with Gasteiger partial charge in [0.15, 0.2) is 0 Å². The number of rotatable bonds is 2. The van der Waals surface area contributed by atoms with Crippen molar-refractivity contribution in [1.82, 2.24) is 14.3 Å². The molecule has 4 nitrogen and oxygen atoms in total. The molecule has 1 aliphatic rings. The van der Waals surface area contributed by atoms with Crippen LogP contribution in [-0.2, 0) is 0 Å². The molecule has 106 valence electrons. The molecule has 2 aromatic heterocycles. The van der Waals surface area contributed by atoms with Crippen molar-refractivity contribution < 1.29 is 4.79 Å². The number of aryl methyl sites for hydroxylation is 1. The molecule has 0 radical (unpaired) electrons. The number of piperidine rings is 1. The molecular formula is C16H21N3O. The SMILES string of the molecule is CC[C@@H]1CCCN(C(=O)c2cn3ccc(C)cc3n2)C1. The van der Waals surface area contributed by atoms with Crippen LogP contribution in [-0.4, -0.2) is 33.3 Å². The Bertz CT molecular complexity index is 632. The molecule has 0 aliphatic carbocycles. The molecule has 0 N–H and O–H groups in total. The van der Waals surface area contributed by atoms with Crippen LogP contribution in [0.4, 0.5) is 0 Å². The number of likely N-dealkylation sites (tertiary alicyclic amines) is 1. The van der Waals surface area contributed by atoms with Crippen LogP contribution in [0.25, 0.3) is 5.65 Å². The number of hydrogen-bond acceptors (Lipinski definition) is 2. The Morgan fingerprint density at radius 3 is 3.15 bits per heavy atom. The van der Waals surface area contributed by atoms with Crippen molar-refractivity contribution >= 4 is 11.6 Å². The molecular weight excluding hydrogens is 250 g/mol. The molecule has 0 aromatic carbocycles. The van der Waals surface area contributed by atoms with Crippen LogP contribution >= 0.6 is 0 Å². The fourth-order valence-electron chi connectivity index (χ4n) is 2.93. The third-order valence-electron chi connectivity index (χ3n) is 4.22. The minimum Gasteiger partial charge on any atom is -0.337 e. The van der Waals surface area contributed by atoms with Crippen LogP contribution in [0.15, 0.2) is 24.5 Å². The van der Waals surface area contributed by atoms with Crippen LogP contribution in [0.1, 0.15) is 42.2 Å². The molecule has 0 saturated carbocycles. The molecule has 4 heteroatoms. The molecule has 3 heterocycles. The van der Waals surface area contributed by atoms with Gasteiger partial charge in [-0.2, -0.15) is 0 Å². The molecule has 0 bridgehead atoms. The summed E-state index contributed by atoms with van der Waals surface area (Å²) in [4.78, 5) is 19.0. The lowest BCUT2D eigenvalue weighted by Crippen LogP contribution is -2.39. The quantitative estimate of drug-likeness (QED) is 0.842. The average Bonchev–Trinajstić information content (AvgIpc) is 2.89. The Morgan fingerprint density at radius 1 is 1.50 bits per heavy atom. The van der Waals surface area contributed by atoms with E-state index in [1.807, 2.05) is 40.8 Å². The first-order valence-electron chi connectivity index (χ1n) is 7.42. The van der Waals surface area contributed by atoms with Crippen molar-refractivity contribution in [2.45, 2.75) is 33.1 Å². The summed E-state index contributed by atoms with van der Waals surface area (Å²) < 4.78 is 1.92. The second kappa shape index (κ2) is 5.27. The smallest absolute Gasteiger partial charge is 0.274 e. The normalized spacial score (nSPS) is 19.5. The number of pyridine rings is 1. The van der Waals surface area contributed by atoms with Gasteiger partial charge in [0.25, 0.3) is 5.91 Å². The average molecular weight is 271 g/mol. The van der Waals surface area contributed by atoms with Crippen LogP contribution in [0.2, 0.25) is 0 Å². The number of imidazole rings is 1. The van der Waals surface area contributed by atoms with Crippen LogP contribution in [0, 0.1) is 12.8 Å². The Kier molecular flexibility index (Phi) is 3.47. The van der Waals surface area contributed by atoms with Crippen molar-refractivity contribution in [2.75, 3.05) is 13.1 Å². The summed E-state index contributed by atoms with van der Waals surface area (Å²) in [5.41, 5.74) is 2.57. The number of aromatic nitrogens is 2. The molecule has 1 aliphatic heterocycles. The lowest BCUT2D eigenvalue weighted by molar-refractivity contribution is 0.0666. The van der Waals surface area contributed by atoms with Gasteiger partial charge < -0.3 is 9.30 Å². The summed E-state index contributed by atoms with van der Waals surface area (Å²) in [5.74, 6) is 0.719. The third-order valence-corrected chi connectivity index (χ3v) is 4.22. The number of fused-ring (bicyclic) bond motifs is 1. The van der Waals surface area contributed by atoms with E-state index < -0.39 is 0 Å². The van der Waals surface area contributed by atoms with Crippen LogP contribution in [0.5, 0.6) is 0 Å². The predicted molar refractivity (Wildman–Crippen MR) is 78.8 cm³/mol. The number of amides is 1. The third kappa shape index (κ3) is 2.42. The van der Waals surface area contributed by atoms with Crippen molar-refractivity contribution in [3.8, 4) is 0 Å². The predicted octanol–water partition coefficient (Wildman–Crippen LogP) is 2.90. The Morgan fingerprint density at radius 2 is 2.35 bits per heavy atom. The molecule has 1 atom stereocenters. The van der Waals surface area contributed by atoms with Gasteiger partial charge in [0.2, 0.25) is 0 Å². The van der Waals surface area contributed by atoms with E-state index in [2.05, 4.69) is 11.9 Å². The largest absolute Gasteiger partial charge is 0.337 e. The second-order valence-corrected chi connectivity index (χ2v) is 5.76. The first-order chi connectivity index (χ1) is 9.67. The van der Waals surface area contributed by atoms with Gasteiger partial charge in [-0.3, -0.25) is 4.79 Å². The van der Waals surface area contributed by atoms with Crippen molar-refractivity contribution in [3.05, 3.63) is 35.8 Å². The van der Waals surface area contributed by atoms with E-state index in [0.29, 0.717) is 11.6 Å². The minimum absolute atomic E-state index is 0.0736. The highest BCUT2D eigenvalue weighted by molar-refractivity contribution is 5.93. The molecule has 0 spiro atoms. The molecule has 0 unspecified atom stereocenters. The highest BCUT2D eigenvalue weighted by atomic mass is 16.2. The zero-order chi connectivity index (χ0) is 14.1. The first-order valence-corrected chi connectivity index (χ1v) is 7.42. The minimum atomic E-state index is 0.0736. The Labute approximate surface area is 119 Å². The number of carbonyl (C=O) groups is 1. The highest BCUT2D eigenvalue weighted by Crippen LogP contribution is 2.21. The van der Waals surface area contributed by atoms with E-state index >= 15 is 0 Å². The lowest BCUT2D eigenvalue weighted by Gasteiger charge is -2.31. The Hall–Kier alpha value is -1.84. The summed E-state index contributed by atoms with van der Waals surface area (Å²) in [6.07, 6.45) is 7.29. The van der Waals surface area contributed by atoms with Gasteiger partial charge in [-0.15, -0.1) is 0 Å². The Balaban J connectivity index is 1.84. The maximum Gasteiger partial charge on any atom is 0.274 e. The van der Waals surface area contributed by atoms with E-state index in [9.17, 15) is 4.79 Å². The lowest BCUT2D eigenvalue weighted by atomic mass is 9.95. The van der Waals surface area contributed by atoms with E-state index in [0.717, 1.165) is 37.1 Å². The van der Waals surface area contributed by atoms with E-state index in [1.54, 1.807) is 0 Å². The topological polar surface area (TPSA) is 37.6 Å². The molecule has 3 rings (SSSR count). The van der Waals surface area contributed by atoms with Crippen molar-refractivity contribution in [3.63, 3.8) is 0 Å². The van der Waals surface area contributed by atoms with Gasteiger partial charge in [-0.1, -0.05) is 13.3 Å². The van der Waals surface area contributed by atoms with E-state index in [4.69, 9.17) is 0 Å². The first kappa shape index (κ1) is 13.2. The number of hydrogen-bond donors (Lipinski definition) is 0. The van der Waals surface area contributed by atoms with Gasteiger partial charge in [-0.05, 0) is 43.4 Å². The molecule has 1 amide bonds. The van der Waals surface area contributed by atoms with Gasteiger partial charge in [0, 0.05) is 25.5 Å². The summed E-state index contributed by atoms with van der Waals surface area (Å²) in [6, 6.07) is 4.03. The number of carbonyl (C=O) groups excluding carboxylic acids is 1. The van der Waals surface area contributed by atoms with Gasteiger partial charge in [0.1, 0.15) is 11.3 Å². The molecule has 1 fully saturated rings. The highest BCUT2D eigenvalue weighted by Gasteiger charge is 2.24. The van der Waals surface area contributed by atoms with Gasteiger partial charge in [0.05, 0.1) is 0 Å². The summed E-state index contributed by atoms with van der Waals surface area (Å²) in [7, 11) is 0. The molecule has 1 saturated heterocycles. The zero-order valence-corrected chi connectivity index (χ0v) is 12.2. The number of nitrogens with zero attached hydrogens (tertiary/aromatic N) is 3. The molecule has 20 heavy (non-hydrogen) atoms. The van der Waals surface area contributed by atoms with E-state index in [-0.39, 0.29) is 5.91 Å². The summed E-state index contributed by atoms with van der Waals surface area (Å²) >= 11 is 0. The van der Waals surface area contributed by atoms with Crippen LogP contribution < -0.4 is 0 Å². The second-order valence-electron chi connectivity index (χ2n) is 5.76. The van der Waals surface area contributed by atoms with Gasteiger partial charge >= 0.3 is 0 Å². The maximum absolute atomic E-state index is 12.6. The maximum atomic E-state index is 12.6. The van der Waals surface area contributed by atoms with Crippen LogP contribution in [0.3, 0.4) is 0 Å². The van der Waals surface area contributed by atoms with Gasteiger partial charge in [-0.25, -0.2) is 4.98 Å². The van der Waals surface area contributed by atoms with E-state index in [1.165, 1.54) is 6.42 Å². The van der Waals surface area contributed by atoms with Crippen molar-refractivity contribution in [2.24, 2.45) is 5.92 Å². The standard InChI is InChI=1S/C16H21N3O/c1-3-13-5-4-7-19(10-13)16(20)14-11-18-8-6-12(2)9-15(18)17-14/h6,8-9,11,13H,3-5,7,10H2,1-2H3/t13-/m1/s1. The summed E-state index contributed by atoms with van der Waals surface area (Å²) in [5, 5.41) is 0. The summed E-state index contributed by atoms with van der Waals surface area (Å²) in [6.45, 7) is 5.98. The molecule has 2 aromatic rings.